The summed E-state index contributed by atoms with van der Waals surface area (Å²) in [5, 5.41) is 8.16. The predicted octanol–water partition coefficient (Wildman–Crippen LogP) is 1.62. The summed E-state index contributed by atoms with van der Waals surface area (Å²) in [5.41, 5.74) is 2.64. The van der Waals surface area contributed by atoms with E-state index in [0.717, 1.165) is 11.1 Å². The van der Waals surface area contributed by atoms with Crippen molar-refractivity contribution >= 4 is 11.9 Å². The Morgan fingerprint density at radius 2 is 1.74 bits per heavy atom. The molecule has 0 radical (unpaired) electrons. The fourth-order valence-corrected chi connectivity index (χ4v) is 1.91. The van der Waals surface area contributed by atoms with Gasteiger partial charge >= 0.3 is 6.03 Å². The average molecular weight is 312 g/mol. The predicted molar refractivity (Wildman–Crippen MR) is 88.0 cm³/mol. The zero-order chi connectivity index (χ0) is 16.5. The van der Waals surface area contributed by atoms with Gasteiger partial charge in [0.1, 0.15) is 0 Å². The van der Waals surface area contributed by atoms with Crippen LogP contribution in [0.3, 0.4) is 0 Å². The van der Waals surface area contributed by atoms with Gasteiger partial charge in [-0.2, -0.15) is 0 Å². The maximum absolute atomic E-state index is 11.9. The number of carbonyl (C=O) groups is 2. The van der Waals surface area contributed by atoms with Crippen LogP contribution in [0, 0.1) is 6.92 Å². The maximum Gasteiger partial charge on any atom is 0.315 e. The molecule has 0 fully saturated rings. The van der Waals surface area contributed by atoms with Crippen LogP contribution in [0.4, 0.5) is 4.79 Å². The highest BCUT2D eigenvalue weighted by molar-refractivity contribution is 5.94. The molecule has 0 bridgehead atoms. The molecule has 2 aromatic rings. The minimum Gasteiger partial charge on any atom is -0.350 e. The molecule has 2 rings (SSSR count). The van der Waals surface area contributed by atoms with Gasteiger partial charge in [-0.1, -0.05) is 23.8 Å². The number of nitrogens with zero attached hydrogens (tertiary/aromatic N) is 1. The number of amides is 3. The van der Waals surface area contributed by atoms with Crippen LogP contribution in [-0.2, 0) is 6.54 Å². The molecule has 3 N–H and O–H groups in total. The van der Waals surface area contributed by atoms with E-state index in [1.807, 2.05) is 31.2 Å². The second-order valence-electron chi connectivity index (χ2n) is 5.09. The Hall–Kier alpha value is -2.89. The number of hydrogen-bond donors (Lipinski definition) is 3. The summed E-state index contributed by atoms with van der Waals surface area (Å²) in [5.74, 6) is -0.150. The molecule has 0 spiro atoms. The number of aromatic nitrogens is 1. The van der Waals surface area contributed by atoms with Crippen LogP contribution >= 0.6 is 0 Å². The number of benzene rings is 1. The van der Waals surface area contributed by atoms with Crippen LogP contribution in [0.1, 0.15) is 21.5 Å². The van der Waals surface area contributed by atoms with Gasteiger partial charge in [-0.25, -0.2) is 4.79 Å². The van der Waals surface area contributed by atoms with Gasteiger partial charge in [0, 0.05) is 37.6 Å². The first-order valence-electron chi connectivity index (χ1n) is 7.40. The second-order valence-corrected chi connectivity index (χ2v) is 5.09. The van der Waals surface area contributed by atoms with Gasteiger partial charge in [-0.15, -0.1) is 0 Å². The first-order chi connectivity index (χ1) is 11.1. The summed E-state index contributed by atoms with van der Waals surface area (Å²) < 4.78 is 0. The van der Waals surface area contributed by atoms with E-state index in [1.54, 1.807) is 24.5 Å². The zero-order valence-corrected chi connectivity index (χ0v) is 13.0. The summed E-state index contributed by atoms with van der Waals surface area (Å²) in [6.45, 7) is 3.11. The Balaban J connectivity index is 1.62. The molecule has 0 aliphatic rings. The molecule has 0 atom stereocenters. The third kappa shape index (κ3) is 5.78. The molecule has 6 heteroatoms. The highest BCUT2D eigenvalue weighted by Gasteiger charge is 2.04. The minimum absolute atomic E-state index is 0.150. The lowest BCUT2D eigenvalue weighted by atomic mass is 10.1. The van der Waals surface area contributed by atoms with Gasteiger partial charge in [0.2, 0.25) is 0 Å². The Kier molecular flexibility index (Phi) is 6.11. The first kappa shape index (κ1) is 16.5. The van der Waals surface area contributed by atoms with E-state index in [1.165, 1.54) is 0 Å². The standard InChI is InChI=1S/C17H20N4O2/c1-13-4-6-15(7-5-13)16(22)19-9-10-20-17(23)21-12-14-3-2-8-18-11-14/h2-8,11H,9-10,12H2,1H3,(H,19,22)(H2,20,21,23). The topological polar surface area (TPSA) is 83.1 Å². The number of rotatable bonds is 6. The average Bonchev–Trinajstić information content (AvgIpc) is 2.58. The lowest BCUT2D eigenvalue weighted by Crippen LogP contribution is -2.40. The summed E-state index contributed by atoms with van der Waals surface area (Å²) in [6.07, 6.45) is 3.38. The van der Waals surface area contributed by atoms with Crippen molar-refractivity contribution in [2.75, 3.05) is 13.1 Å². The Morgan fingerprint density at radius 3 is 2.43 bits per heavy atom. The van der Waals surface area contributed by atoms with Crippen LogP contribution in [0.2, 0.25) is 0 Å². The molecular formula is C17H20N4O2. The van der Waals surface area contributed by atoms with E-state index >= 15 is 0 Å². The number of nitrogens with one attached hydrogen (secondary N) is 3. The summed E-state index contributed by atoms with van der Waals surface area (Å²) >= 11 is 0. The largest absolute Gasteiger partial charge is 0.350 e. The molecule has 1 aromatic carbocycles. The van der Waals surface area contributed by atoms with E-state index in [-0.39, 0.29) is 11.9 Å². The smallest absolute Gasteiger partial charge is 0.315 e. The molecule has 0 saturated carbocycles. The molecule has 0 aliphatic heterocycles. The van der Waals surface area contributed by atoms with Gasteiger partial charge < -0.3 is 16.0 Å². The van der Waals surface area contributed by atoms with Crippen molar-refractivity contribution in [1.82, 2.24) is 20.9 Å². The van der Waals surface area contributed by atoms with Crippen molar-refractivity contribution in [2.24, 2.45) is 0 Å². The monoisotopic (exact) mass is 312 g/mol. The Labute approximate surface area is 135 Å². The molecule has 0 aliphatic carbocycles. The highest BCUT2D eigenvalue weighted by atomic mass is 16.2. The molecular weight excluding hydrogens is 292 g/mol. The quantitative estimate of drug-likeness (QED) is 0.709. The molecule has 0 unspecified atom stereocenters. The molecule has 1 aromatic heterocycles. The third-order valence-corrected chi connectivity index (χ3v) is 3.19. The normalized spacial score (nSPS) is 9.96. The van der Waals surface area contributed by atoms with E-state index in [4.69, 9.17) is 0 Å². The minimum atomic E-state index is -0.279. The van der Waals surface area contributed by atoms with E-state index in [9.17, 15) is 9.59 Å². The first-order valence-corrected chi connectivity index (χ1v) is 7.40. The van der Waals surface area contributed by atoms with E-state index < -0.39 is 0 Å². The lowest BCUT2D eigenvalue weighted by molar-refractivity contribution is 0.0954. The van der Waals surface area contributed by atoms with Gasteiger partial charge in [0.05, 0.1) is 0 Å². The van der Waals surface area contributed by atoms with Gasteiger partial charge in [0.25, 0.3) is 5.91 Å². The van der Waals surface area contributed by atoms with Crippen LogP contribution in [0.15, 0.2) is 48.8 Å². The van der Waals surface area contributed by atoms with Crippen molar-refractivity contribution in [3.63, 3.8) is 0 Å². The number of pyridine rings is 1. The Morgan fingerprint density at radius 1 is 1.00 bits per heavy atom. The van der Waals surface area contributed by atoms with Crippen molar-refractivity contribution in [3.8, 4) is 0 Å². The second kappa shape index (κ2) is 8.53. The summed E-state index contributed by atoms with van der Waals surface area (Å²) in [6, 6.07) is 10.7. The van der Waals surface area contributed by atoms with Crippen LogP contribution in [-0.4, -0.2) is 30.0 Å². The number of aryl methyl sites for hydroxylation is 1. The summed E-state index contributed by atoms with van der Waals surface area (Å²) in [7, 11) is 0. The van der Waals surface area contributed by atoms with Gasteiger partial charge in [-0.3, -0.25) is 9.78 Å². The van der Waals surface area contributed by atoms with Crippen molar-refractivity contribution in [3.05, 3.63) is 65.5 Å². The fourth-order valence-electron chi connectivity index (χ4n) is 1.91. The number of hydrogen-bond acceptors (Lipinski definition) is 3. The molecule has 3 amide bonds. The van der Waals surface area contributed by atoms with Crippen molar-refractivity contribution in [2.45, 2.75) is 13.5 Å². The molecule has 1 heterocycles. The number of urea groups is 1. The lowest BCUT2D eigenvalue weighted by Gasteiger charge is -2.09. The van der Waals surface area contributed by atoms with Crippen LogP contribution in [0.25, 0.3) is 0 Å². The molecule has 120 valence electrons. The van der Waals surface area contributed by atoms with Gasteiger partial charge in [0.15, 0.2) is 0 Å². The van der Waals surface area contributed by atoms with Crippen molar-refractivity contribution in [1.29, 1.82) is 0 Å². The zero-order valence-electron chi connectivity index (χ0n) is 13.0. The fraction of sp³-hybridized carbons (Fsp3) is 0.235. The van der Waals surface area contributed by atoms with Gasteiger partial charge in [-0.05, 0) is 30.7 Å². The van der Waals surface area contributed by atoms with Crippen LogP contribution in [0.5, 0.6) is 0 Å². The third-order valence-electron chi connectivity index (χ3n) is 3.19. The van der Waals surface area contributed by atoms with Crippen LogP contribution < -0.4 is 16.0 Å². The van der Waals surface area contributed by atoms with E-state index in [0.29, 0.717) is 25.2 Å². The summed E-state index contributed by atoms with van der Waals surface area (Å²) in [4.78, 5) is 27.5. The molecule has 0 saturated heterocycles. The maximum atomic E-state index is 11.9. The molecule has 23 heavy (non-hydrogen) atoms. The van der Waals surface area contributed by atoms with E-state index in [2.05, 4.69) is 20.9 Å². The Bertz CT molecular complexity index is 641. The molecule has 6 nitrogen and oxygen atoms in total. The van der Waals surface area contributed by atoms with Crippen molar-refractivity contribution < 1.29 is 9.59 Å². The number of carbonyl (C=O) groups excluding carboxylic acids is 2. The SMILES string of the molecule is Cc1ccc(C(=O)NCCNC(=O)NCc2cccnc2)cc1. The highest BCUT2D eigenvalue weighted by Crippen LogP contribution is 2.02.